The number of aliphatic hydroxyl groups excluding tert-OH is 1. The second-order valence-electron chi connectivity index (χ2n) is 6.21. The van der Waals surface area contributed by atoms with Gasteiger partial charge in [0.2, 0.25) is 5.95 Å². The number of nitrogens with zero attached hydrogens (tertiary/aromatic N) is 2. The molecule has 2 rings (SSSR count). The molecule has 134 valence electrons. The second-order valence-corrected chi connectivity index (χ2v) is 6.21. The van der Waals surface area contributed by atoms with Crippen LogP contribution in [0.5, 0.6) is 0 Å². The number of benzene rings is 1. The zero-order valence-corrected chi connectivity index (χ0v) is 14.6. The fourth-order valence-electron chi connectivity index (χ4n) is 2.28. The van der Waals surface area contributed by atoms with E-state index in [4.69, 9.17) is 10.5 Å². The van der Waals surface area contributed by atoms with Crippen LogP contribution in [0.4, 0.5) is 21.8 Å². The van der Waals surface area contributed by atoms with Crippen LogP contribution in [-0.2, 0) is 10.2 Å². The molecule has 0 radical (unpaired) electrons. The largest absolute Gasteiger partial charge is 0.494 e. The van der Waals surface area contributed by atoms with Crippen molar-refractivity contribution >= 4 is 23.2 Å². The van der Waals surface area contributed by atoms with E-state index in [9.17, 15) is 9.50 Å². The summed E-state index contributed by atoms with van der Waals surface area (Å²) in [5.74, 6) is 0.431. The maximum atomic E-state index is 14.3. The highest BCUT2D eigenvalue weighted by Gasteiger charge is 2.23. The lowest BCUT2D eigenvalue weighted by Gasteiger charge is -2.23. The van der Waals surface area contributed by atoms with Crippen molar-refractivity contribution in [1.29, 1.82) is 0 Å². The van der Waals surface area contributed by atoms with Crippen molar-refractivity contribution in [2.75, 3.05) is 24.3 Å². The lowest BCUT2D eigenvalue weighted by molar-refractivity contribution is 0.215. The Morgan fingerprint density at radius 2 is 2.16 bits per heavy atom. The van der Waals surface area contributed by atoms with Crippen molar-refractivity contribution in [3.05, 3.63) is 47.9 Å². The van der Waals surface area contributed by atoms with E-state index in [1.807, 2.05) is 6.92 Å². The van der Waals surface area contributed by atoms with Crippen LogP contribution in [0.25, 0.3) is 5.76 Å². The molecule has 1 heterocycles. The summed E-state index contributed by atoms with van der Waals surface area (Å²) < 4.78 is 19.6. The second kappa shape index (κ2) is 7.48. The van der Waals surface area contributed by atoms with Gasteiger partial charge in [0.25, 0.3) is 0 Å². The summed E-state index contributed by atoms with van der Waals surface area (Å²) in [4.78, 5) is 8.29. The SMILES string of the molecule is C=C(OCC)c1cnc(Nc2ccc(C(C)(C)CO)c(F)c2)nc1N. The number of anilines is 3. The standard InChI is InChI=1S/C18H23FN4O2/c1-5-25-11(2)13-9-21-17(23-16(13)20)22-12-6-7-14(15(19)8-12)18(3,4)10-24/h6-9,24H,2,5,10H2,1,3-4H3,(H3,20,21,22,23). The molecule has 0 spiro atoms. The first-order valence-electron chi connectivity index (χ1n) is 7.91. The Bertz CT molecular complexity index is 778. The molecule has 25 heavy (non-hydrogen) atoms. The van der Waals surface area contributed by atoms with Gasteiger partial charge in [0.15, 0.2) is 0 Å². The molecule has 0 unspecified atom stereocenters. The molecule has 1 aromatic heterocycles. The molecule has 0 amide bonds. The normalized spacial score (nSPS) is 11.2. The van der Waals surface area contributed by atoms with Crippen molar-refractivity contribution in [2.24, 2.45) is 0 Å². The van der Waals surface area contributed by atoms with Gasteiger partial charge < -0.3 is 20.9 Å². The molecule has 2 aromatic rings. The molecule has 0 aliphatic carbocycles. The quantitative estimate of drug-likeness (QED) is 0.667. The number of rotatable bonds is 7. The Morgan fingerprint density at radius 1 is 1.44 bits per heavy atom. The van der Waals surface area contributed by atoms with E-state index in [1.54, 1.807) is 26.0 Å². The van der Waals surface area contributed by atoms with Gasteiger partial charge in [0.1, 0.15) is 17.4 Å². The van der Waals surface area contributed by atoms with Gasteiger partial charge in [0.05, 0.1) is 18.8 Å². The molecule has 0 saturated carbocycles. The molecule has 1 aromatic carbocycles. The Hall–Kier alpha value is -2.67. The number of nitrogens with two attached hydrogens (primary N) is 1. The molecule has 0 saturated heterocycles. The van der Waals surface area contributed by atoms with Gasteiger partial charge in [0, 0.05) is 17.3 Å². The summed E-state index contributed by atoms with van der Waals surface area (Å²) in [5.41, 5.74) is 6.66. The van der Waals surface area contributed by atoms with Crippen LogP contribution in [0.2, 0.25) is 0 Å². The Labute approximate surface area is 146 Å². The average Bonchev–Trinajstić information content (AvgIpc) is 2.55. The predicted octanol–water partition coefficient (Wildman–Crippen LogP) is 3.22. The van der Waals surface area contributed by atoms with E-state index in [0.29, 0.717) is 29.2 Å². The zero-order chi connectivity index (χ0) is 18.6. The van der Waals surface area contributed by atoms with E-state index in [-0.39, 0.29) is 18.4 Å². The number of hydrogen-bond acceptors (Lipinski definition) is 6. The smallest absolute Gasteiger partial charge is 0.229 e. The van der Waals surface area contributed by atoms with Crippen LogP contribution in [0.15, 0.2) is 31.0 Å². The highest BCUT2D eigenvalue weighted by atomic mass is 19.1. The first-order valence-corrected chi connectivity index (χ1v) is 7.91. The summed E-state index contributed by atoms with van der Waals surface area (Å²) in [6, 6.07) is 4.66. The van der Waals surface area contributed by atoms with Crippen LogP contribution in [-0.4, -0.2) is 28.3 Å². The van der Waals surface area contributed by atoms with Crippen molar-refractivity contribution in [3.8, 4) is 0 Å². The van der Waals surface area contributed by atoms with Gasteiger partial charge in [-0.2, -0.15) is 4.98 Å². The monoisotopic (exact) mass is 346 g/mol. The molecule has 0 bridgehead atoms. The Balaban J connectivity index is 2.21. The molecule has 6 nitrogen and oxygen atoms in total. The third kappa shape index (κ3) is 4.24. The van der Waals surface area contributed by atoms with Crippen molar-refractivity contribution in [1.82, 2.24) is 9.97 Å². The molecule has 0 aliphatic heterocycles. The summed E-state index contributed by atoms with van der Waals surface area (Å²) in [7, 11) is 0. The Kier molecular flexibility index (Phi) is 5.58. The average molecular weight is 346 g/mol. The minimum Gasteiger partial charge on any atom is -0.494 e. The minimum atomic E-state index is -0.662. The van der Waals surface area contributed by atoms with Crippen LogP contribution < -0.4 is 11.1 Å². The van der Waals surface area contributed by atoms with Gasteiger partial charge in [-0.25, -0.2) is 9.37 Å². The van der Waals surface area contributed by atoms with E-state index in [2.05, 4.69) is 21.9 Å². The number of nitrogen functional groups attached to an aromatic ring is 1. The third-order valence-electron chi connectivity index (χ3n) is 3.79. The number of hydrogen-bond donors (Lipinski definition) is 3. The first kappa shape index (κ1) is 18.7. The summed E-state index contributed by atoms with van der Waals surface area (Å²) in [6.45, 7) is 9.47. The highest BCUT2D eigenvalue weighted by Crippen LogP contribution is 2.28. The summed E-state index contributed by atoms with van der Waals surface area (Å²) >= 11 is 0. The van der Waals surface area contributed by atoms with Gasteiger partial charge >= 0.3 is 0 Å². The fourth-order valence-corrected chi connectivity index (χ4v) is 2.28. The van der Waals surface area contributed by atoms with Crippen molar-refractivity contribution in [2.45, 2.75) is 26.2 Å². The maximum absolute atomic E-state index is 14.3. The highest BCUT2D eigenvalue weighted by molar-refractivity contribution is 5.68. The van der Waals surface area contributed by atoms with Crippen molar-refractivity contribution < 1.29 is 14.2 Å². The summed E-state index contributed by atoms with van der Waals surface area (Å²) in [5, 5.41) is 12.3. The molecule has 0 aliphatic rings. The molecule has 0 atom stereocenters. The minimum absolute atomic E-state index is 0.151. The van der Waals surface area contributed by atoms with Gasteiger partial charge in [-0.05, 0) is 24.6 Å². The van der Waals surface area contributed by atoms with Crippen LogP contribution in [0, 0.1) is 5.82 Å². The van der Waals surface area contributed by atoms with Crippen molar-refractivity contribution in [3.63, 3.8) is 0 Å². The summed E-state index contributed by atoms with van der Waals surface area (Å²) in [6.07, 6.45) is 1.50. The first-order chi connectivity index (χ1) is 11.8. The molecular weight excluding hydrogens is 323 g/mol. The van der Waals surface area contributed by atoms with Gasteiger partial charge in [-0.15, -0.1) is 0 Å². The zero-order valence-electron chi connectivity index (χ0n) is 14.6. The van der Waals surface area contributed by atoms with Gasteiger partial charge in [-0.1, -0.05) is 26.5 Å². The number of aliphatic hydroxyl groups is 1. The maximum Gasteiger partial charge on any atom is 0.229 e. The number of nitrogens with one attached hydrogen (secondary N) is 1. The van der Waals surface area contributed by atoms with E-state index in [1.165, 1.54) is 12.3 Å². The van der Waals surface area contributed by atoms with E-state index in [0.717, 1.165) is 0 Å². The van der Waals surface area contributed by atoms with E-state index >= 15 is 0 Å². The topological polar surface area (TPSA) is 93.3 Å². The fraction of sp³-hybridized carbons (Fsp3) is 0.333. The van der Waals surface area contributed by atoms with Gasteiger partial charge in [-0.3, -0.25) is 0 Å². The number of halogens is 1. The third-order valence-corrected chi connectivity index (χ3v) is 3.79. The number of ether oxygens (including phenoxy) is 1. The lowest BCUT2D eigenvalue weighted by atomic mass is 9.85. The molecule has 4 N–H and O–H groups in total. The van der Waals surface area contributed by atoms with E-state index < -0.39 is 11.2 Å². The molecule has 0 fully saturated rings. The molecular formula is C18H23FN4O2. The van der Waals surface area contributed by atoms with Crippen LogP contribution >= 0.6 is 0 Å². The number of aromatic nitrogens is 2. The molecule has 7 heteroatoms. The van der Waals surface area contributed by atoms with Crippen LogP contribution in [0.1, 0.15) is 31.9 Å². The Morgan fingerprint density at radius 3 is 2.72 bits per heavy atom. The lowest BCUT2D eigenvalue weighted by Crippen LogP contribution is -2.23. The predicted molar refractivity (Wildman–Crippen MR) is 96.9 cm³/mol. The van der Waals surface area contributed by atoms with Crippen LogP contribution in [0.3, 0.4) is 0 Å².